The Morgan fingerprint density at radius 1 is 1.03 bits per heavy atom. The Kier molecular flexibility index (Phi) is 5.28. The summed E-state index contributed by atoms with van der Waals surface area (Å²) in [6, 6.07) is 8.17. The number of benzene rings is 1. The summed E-state index contributed by atoms with van der Waals surface area (Å²) in [4.78, 5) is 44.3. The number of nitrogens with zero attached hydrogens (tertiary/aromatic N) is 4. The van der Waals surface area contributed by atoms with Gasteiger partial charge in [0.25, 0.3) is 0 Å². The predicted molar refractivity (Wildman–Crippen MR) is 123 cm³/mol. The van der Waals surface area contributed by atoms with Crippen molar-refractivity contribution >= 4 is 22.9 Å². The van der Waals surface area contributed by atoms with Crippen LogP contribution in [0.1, 0.15) is 38.5 Å². The van der Waals surface area contributed by atoms with Gasteiger partial charge >= 0.3 is 5.76 Å². The lowest BCUT2D eigenvalue weighted by molar-refractivity contribution is -0.146. The first-order valence-corrected chi connectivity index (χ1v) is 12.5. The number of hydrogen-bond donors (Lipinski definition) is 0. The number of oxazole rings is 1. The van der Waals surface area contributed by atoms with E-state index >= 15 is 0 Å². The molecule has 2 bridgehead atoms. The summed E-state index contributed by atoms with van der Waals surface area (Å²) in [5.41, 5.74) is 1.18. The van der Waals surface area contributed by atoms with Crippen LogP contribution in [0.4, 0.5) is 0 Å². The van der Waals surface area contributed by atoms with E-state index in [4.69, 9.17) is 4.42 Å². The lowest BCUT2D eigenvalue weighted by Gasteiger charge is -2.54. The van der Waals surface area contributed by atoms with Crippen molar-refractivity contribution in [3.8, 4) is 0 Å². The summed E-state index contributed by atoms with van der Waals surface area (Å²) < 4.78 is 6.71. The Morgan fingerprint density at radius 2 is 1.85 bits per heavy atom. The molecule has 2 amide bonds. The fourth-order valence-corrected chi connectivity index (χ4v) is 6.83. The molecule has 0 aliphatic carbocycles. The number of fused-ring (bicyclic) bond motifs is 5. The molecule has 0 spiro atoms. The first-order valence-electron chi connectivity index (χ1n) is 12.5. The summed E-state index contributed by atoms with van der Waals surface area (Å²) >= 11 is 0. The number of carbonyl (C=O) groups is 2. The van der Waals surface area contributed by atoms with Gasteiger partial charge in [-0.1, -0.05) is 12.1 Å². The van der Waals surface area contributed by atoms with Gasteiger partial charge in [-0.2, -0.15) is 0 Å². The van der Waals surface area contributed by atoms with Gasteiger partial charge in [0.15, 0.2) is 5.58 Å². The third-order valence-corrected chi connectivity index (χ3v) is 8.41. The molecule has 8 heteroatoms. The van der Waals surface area contributed by atoms with Gasteiger partial charge < -0.3 is 14.2 Å². The van der Waals surface area contributed by atoms with Crippen LogP contribution in [-0.4, -0.2) is 75.9 Å². The van der Waals surface area contributed by atoms with Crippen molar-refractivity contribution in [3.63, 3.8) is 0 Å². The number of likely N-dealkylation sites (tertiary alicyclic amines) is 2. The van der Waals surface area contributed by atoms with E-state index in [0.717, 1.165) is 64.8 Å². The smallest absolute Gasteiger partial charge is 0.408 e. The monoisotopic (exact) mass is 452 g/mol. The minimum atomic E-state index is -0.477. The van der Waals surface area contributed by atoms with Crippen LogP contribution in [0.25, 0.3) is 11.1 Å². The van der Waals surface area contributed by atoms with Crippen molar-refractivity contribution in [1.82, 2.24) is 19.3 Å². The molecule has 4 fully saturated rings. The van der Waals surface area contributed by atoms with E-state index in [0.29, 0.717) is 40.9 Å². The van der Waals surface area contributed by atoms with Gasteiger partial charge in [-0.3, -0.25) is 19.1 Å². The molecular weight excluding hydrogens is 420 g/mol. The molecule has 4 aliphatic heterocycles. The lowest BCUT2D eigenvalue weighted by atomic mass is 9.75. The average Bonchev–Trinajstić information content (AvgIpc) is 3.14. The second kappa shape index (κ2) is 8.31. The van der Waals surface area contributed by atoms with E-state index in [1.54, 1.807) is 6.07 Å². The predicted octanol–water partition coefficient (Wildman–Crippen LogP) is 1.92. The van der Waals surface area contributed by atoms with Crippen LogP contribution in [0, 0.1) is 11.8 Å². The number of piperidine rings is 4. The highest BCUT2D eigenvalue weighted by atomic mass is 16.4. The van der Waals surface area contributed by atoms with Gasteiger partial charge in [-0.15, -0.1) is 0 Å². The van der Waals surface area contributed by atoms with E-state index < -0.39 is 5.76 Å². The summed E-state index contributed by atoms with van der Waals surface area (Å²) in [6.45, 7) is 4.57. The number of hydrogen-bond acceptors (Lipinski definition) is 5. The van der Waals surface area contributed by atoms with Crippen LogP contribution in [-0.2, 0) is 16.1 Å². The van der Waals surface area contributed by atoms with E-state index in [1.807, 2.05) is 23.1 Å². The summed E-state index contributed by atoms with van der Waals surface area (Å²) in [5.74, 6) is 1.06. The molecule has 0 radical (unpaired) electrons. The quantitative estimate of drug-likeness (QED) is 0.711. The molecule has 4 saturated heterocycles. The van der Waals surface area contributed by atoms with E-state index in [1.165, 1.54) is 11.0 Å². The van der Waals surface area contributed by atoms with Crippen molar-refractivity contribution in [2.24, 2.45) is 11.8 Å². The first kappa shape index (κ1) is 21.0. The van der Waals surface area contributed by atoms with Crippen LogP contribution in [0.15, 0.2) is 33.5 Å². The zero-order chi connectivity index (χ0) is 22.5. The van der Waals surface area contributed by atoms with Crippen molar-refractivity contribution in [3.05, 3.63) is 34.8 Å². The van der Waals surface area contributed by atoms with Crippen molar-refractivity contribution in [1.29, 1.82) is 0 Å². The van der Waals surface area contributed by atoms with Crippen LogP contribution in [0.5, 0.6) is 0 Å². The average molecular weight is 453 g/mol. The molecule has 5 heterocycles. The number of rotatable bonds is 3. The minimum absolute atomic E-state index is 0.0195. The Hall–Kier alpha value is -2.61. The maximum Gasteiger partial charge on any atom is 0.420 e. The van der Waals surface area contributed by atoms with Crippen LogP contribution < -0.4 is 5.76 Å². The fourth-order valence-electron chi connectivity index (χ4n) is 6.83. The van der Waals surface area contributed by atoms with Crippen molar-refractivity contribution < 1.29 is 14.0 Å². The lowest BCUT2D eigenvalue weighted by Crippen LogP contribution is -2.62. The Bertz CT molecular complexity index is 1120. The normalized spacial score (nSPS) is 28.8. The Balaban J connectivity index is 1.07. The van der Waals surface area contributed by atoms with E-state index in [2.05, 4.69) is 9.80 Å². The molecular formula is C25H32N4O4. The highest BCUT2D eigenvalue weighted by Gasteiger charge is 2.45. The van der Waals surface area contributed by atoms with Gasteiger partial charge in [0, 0.05) is 51.2 Å². The summed E-state index contributed by atoms with van der Waals surface area (Å²) in [6.07, 6.45) is 6.13. The third-order valence-electron chi connectivity index (χ3n) is 8.41. The maximum atomic E-state index is 13.0. The Labute approximate surface area is 193 Å². The highest BCUT2D eigenvalue weighted by molar-refractivity contribution is 5.79. The van der Waals surface area contributed by atoms with Gasteiger partial charge in [0.1, 0.15) is 6.54 Å². The van der Waals surface area contributed by atoms with Crippen LogP contribution in [0.3, 0.4) is 0 Å². The standard InChI is InChI=1S/C25H32N4O4/c30-23-7-3-5-20-18-12-17(14-28(20)23)13-27(15-18)19-8-10-26(11-9-19)24(31)16-29-21-4-1-2-6-22(21)33-25(29)32/h1-2,4,6,17-20H,3,5,7-16H2/t17?,18?,20-/m1/s1. The number of carbonyl (C=O) groups excluding carboxylic acids is 2. The fraction of sp³-hybridized carbons (Fsp3) is 0.640. The zero-order valence-corrected chi connectivity index (χ0v) is 19.0. The molecule has 6 rings (SSSR count). The Morgan fingerprint density at radius 3 is 2.70 bits per heavy atom. The maximum absolute atomic E-state index is 13.0. The molecule has 2 unspecified atom stereocenters. The molecule has 0 saturated carbocycles. The second-order valence-electron chi connectivity index (χ2n) is 10.4. The molecule has 176 valence electrons. The molecule has 4 aliphatic rings. The molecule has 8 nitrogen and oxygen atoms in total. The number of amides is 2. The molecule has 1 aromatic heterocycles. The van der Waals surface area contributed by atoms with Crippen LogP contribution >= 0.6 is 0 Å². The largest absolute Gasteiger partial charge is 0.420 e. The molecule has 2 aromatic rings. The number of aromatic nitrogens is 1. The minimum Gasteiger partial charge on any atom is -0.408 e. The summed E-state index contributed by atoms with van der Waals surface area (Å²) in [5, 5.41) is 0. The summed E-state index contributed by atoms with van der Waals surface area (Å²) in [7, 11) is 0. The van der Waals surface area contributed by atoms with Gasteiger partial charge in [0.05, 0.1) is 5.52 Å². The third kappa shape index (κ3) is 3.78. The molecule has 1 aromatic carbocycles. The van der Waals surface area contributed by atoms with Gasteiger partial charge in [-0.05, 0) is 56.1 Å². The van der Waals surface area contributed by atoms with Crippen LogP contribution in [0.2, 0.25) is 0 Å². The first-order chi connectivity index (χ1) is 16.1. The van der Waals surface area contributed by atoms with Gasteiger partial charge in [0.2, 0.25) is 11.8 Å². The highest BCUT2D eigenvalue weighted by Crippen LogP contribution is 2.39. The molecule has 0 N–H and O–H groups in total. The van der Waals surface area contributed by atoms with Crippen molar-refractivity contribution in [2.45, 2.75) is 57.2 Å². The second-order valence-corrected chi connectivity index (χ2v) is 10.4. The number of para-hydroxylation sites is 2. The molecule has 33 heavy (non-hydrogen) atoms. The SMILES string of the molecule is O=C(Cn1c(=O)oc2ccccc21)N1CCC(N2CC3CC(C2)[C@H]2CCCC(=O)N2C3)CC1. The van der Waals surface area contributed by atoms with E-state index in [-0.39, 0.29) is 12.5 Å². The topological polar surface area (TPSA) is 79.0 Å². The van der Waals surface area contributed by atoms with E-state index in [9.17, 15) is 14.4 Å². The molecule has 3 atom stereocenters. The van der Waals surface area contributed by atoms with Crippen molar-refractivity contribution in [2.75, 3.05) is 32.7 Å². The zero-order valence-electron chi connectivity index (χ0n) is 19.0. The van der Waals surface area contributed by atoms with Gasteiger partial charge in [-0.25, -0.2) is 4.79 Å².